The summed E-state index contributed by atoms with van der Waals surface area (Å²) in [6.07, 6.45) is 0. The lowest BCUT2D eigenvalue weighted by Gasteiger charge is -2.02. The van der Waals surface area contributed by atoms with Gasteiger partial charge in [0.05, 0.1) is 0 Å². The van der Waals surface area contributed by atoms with Crippen molar-refractivity contribution in [2.24, 2.45) is 0 Å². The lowest BCUT2D eigenvalue weighted by atomic mass is 10.1. The summed E-state index contributed by atoms with van der Waals surface area (Å²) < 4.78 is 11.0. The number of ether oxygens (including phenoxy) is 1. The van der Waals surface area contributed by atoms with Gasteiger partial charge in [0.2, 0.25) is 5.12 Å². The molecule has 3 aromatic carbocycles. The third-order valence-corrected chi connectivity index (χ3v) is 4.48. The number of aromatic nitrogens is 2. The molecule has 0 saturated heterocycles. The van der Waals surface area contributed by atoms with Crippen LogP contribution in [0, 0.1) is 0 Å². The van der Waals surface area contributed by atoms with Crippen molar-refractivity contribution in [1.29, 1.82) is 0 Å². The van der Waals surface area contributed by atoms with Crippen LogP contribution in [0.1, 0.15) is 16.2 Å². The van der Waals surface area contributed by atoms with Gasteiger partial charge in [-0.2, -0.15) is 0 Å². The van der Waals surface area contributed by atoms with Gasteiger partial charge in [0, 0.05) is 17.3 Å². The molecule has 0 aliphatic carbocycles. The third kappa shape index (κ3) is 3.75. The molecule has 0 N–H and O–H groups in total. The summed E-state index contributed by atoms with van der Waals surface area (Å²) in [6.45, 7) is 0.155. The van der Waals surface area contributed by atoms with Crippen molar-refractivity contribution in [3.63, 3.8) is 0 Å². The summed E-state index contributed by atoms with van der Waals surface area (Å²) in [5, 5.41) is 9.98. The highest BCUT2D eigenvalue weighted by Gasteiger charge is 2.15. The summed E-state index contributed by atoms with van der Waals surface area (Å²) >= 11 is 0.913. The number of hydrogen-bond acceptors (Lipinski definition) is 6. The van der Waals surface area contributed by atoms with Crippen molar-refractivity contribution in [2.45, 2.75) is 11.8 Å². The van der Waals surface area contributed by atoms with E-state index >= 15 is 0 Å². The minimum absolute atomic E-state index is 0.144. The van der Waals surface area contributed by atoms with Crippen LogP contribution in [-0.2, 0) is 6.61 Å². The number of rotatable bonds is 5. The molecular weight excluding hydrogens is 348 g/mol. The molecule has 128 valence electrons. The van der Waals surface area contributed by atoms with E-state index in [1.807, 2.05) is 66.7 Å². The SMILES string of the molecule is O=C(Sc1nnc(COc2ccccc2)o1)c1ccc2ccccc2c1. The number of nitrogens with zero attached hydrogens (tertiary/aromatic N) is 2. The predicted molar refractivity (Wildman–Crippen MR) is 99.2 cm³/mol. The zero-order valence-electron chi connectivity index (χ0n) is 13.7. The van der Waals surface area contributed by atoms with E-state index in [4.69, 9.17) is 9.15 Å². The Morgan fingerprint density at radius 3 is 2.54 bits per heavy atom. The smallest absolute Gasteiger partial charge is 0.284 e. The Morgan fingerprint density at radius 1 is 0.923 bits per heavy atom. The summed E-state index contributed by atoms with van der Waals surface area (Å²) in [6, 6.07) is 22.8. The molecule has 5 nitrogen and oxygen atoms in total. The fourth-order valence-corrected chi connectivity index (χ4v) is 3.08. The Bertz CT molecular complexity index is 1050. The first-order valence-corrected chi connectivity index (χ1v) is 8.81. The van der Waals surface area contributed by atoms with Gasteiger partial charge in [0.15, 0.2) is 6.61 Å². The highest BCUT2D eigenvalue weighted by atomic mass is 32.2. The van der Waals surface area contributed by atoms with Gasteiger partial charge in [-0.25, -0.2) is 0 Å². The lowest BCUT2D eigenvalue weighted by Crippen LogP contribution is -1.95. The Labute approximate surface area is 154 Å². The van der Waals surface area contributed by atoms with Crippen LogP contribution in [0.15, 0.2) is 82.4 Å². The second-order valence-electron chi connectivity index (χ2n) is 5.51. The molecule has 4 aromatic rings. The monoisotopic (exact) mass is 362 g/mol. The van der Waals surface area contributed by atoms with Gasteiger partial charge in [-0.3, -0.25) is 4.79 Å². The summed E-state index contributed by atoms with van der Waals surface area (Å²) in [7, 11) is 0. The van der Waals surface area contributed by atoms with Crippen molar-refractivity contribution in [3.8, 4) is 5.75 Å². The summed E-state index contributed by atoms with van der Waals surface area (Å²) in [4.78, 5) is 12.5. The van der Waals surface area contributed by atoms with E-state index in [-0.39, 0.29) is 16.9 Å². The maximum absolute atomic E-state index is 12.5. The van der Waals surface area contributed by atoms with Crippen molar-refractivity contribution in [3.05, 3.63) is 84.3 Å². The first kappa shape index (κ1) is 16.4. The quantitative estimate of drug-likeness (QED) is 0.478. The molecule has 0 aliphatic heterocycles. The van der Waals surface area contributed by atoms with Crippen LogP contribution in [-0.4, -0.2) is 15.3 Å². The zero-order valence-corrected chi connectivity index (χ0v) is 14.5. The molecule has 0 unspecified atom stereocenters. The molecule has 0 spiro atoms. The number of benzene rings is 3. The van der Waals surface area contributed by atoms with Gasteiger partial charge in [-0.1, -0.05) is 48.5 Å². The fourth-order valence-electron chi connectivity index (χ4n) is 2.45. The molecule has 1 heterocycles. The Hall–Kier alpha value is -3.12. The summed E-state index contributed by atoms with van der Waals surface area (Å²) in [5.41, 5.74) is 0.592. The standard InChI is InChI=1S/C20H14N2O3S/c23-19(16-11-10-14-6-4-5-7-15(14)12-16)26-20-22-21-18(25-20)13-24-17-8-2-1-3-9-17/h1-12H,13H2. The highest BCUT2D eigenvalue weighted by Crippen LogP contribution is 2.24. The summed E-state index contributed by atoms with van der Waals surface area (Å²) in [5.74, 6) is 1.04. The number of para-hydroxylation sites is 1. The number of hydrogen-bond donors (Lipinski definition) is 0. The second kappa shape index (κ2) is 7.41. The van der Waals surface area contributed by atoms with Crippen molar-refractivity contribution in [1.82, 2.24) is 10.2 Å². The van der Waals surface area contributed by atoms with Crippen LogP contribution in [0.3, 0.4) is 0 Å². The lowest BCUT2D eigenvalue weighted by molar-refractivity contribution is 0.108. The van der Waals surface area contributed by atoms with Crippen LogP contribution in [0.2, 0.25) is 0 Å². The molecule has 0 saturated carbocycles. The van der Waals surface area contributed by atoms with Gasteiger partial charge < -0.3 is 9.15 Å². The van der Waals surface area contributed by atoms with Crippen molar-refractivity contribution < 1.29 is 13.9 Å². The Morgan fingerprint density at radius 2 is 1.69 bits per heavy atom. The molecule has 0 aliphatic rings. The van der Waals surface area contributed by atoms with Gasteiger partial charge >= 0.3 is 0 Å². The third-order valence-electron chi connectivity index (χ3n) is 3.72. The average molecular weight is 362 g/mol. The van der Waals surface area contributed by atoms with Crippen LogP contribution < -0.4 is 4.74 Å². The predicted octanol–water partition coefficient (Wildman–Crippen LogP) is 4.73. The van der Waals surface area contributed by atoms with E-state index in [0.717, 1.165) is 22.5 Å². The zero-order chi connectivity index (χ0) is 17.8. The molecule has 26 heavy (non-hydrogen) atoms. The molecular formula is C20H14N2O3S. The maximum atomic E-state index is 12.5. The minimum atomic E-state index is -0.144. The number of fused-ring (bicyclic) bond motifs is 1. The average Bonchev–Trinajstić information content (AvgIpc) is 3.14. The van der Waals surface area contributed by atoms with E-state index in [9.17, 15) is 4.79 Å². The normalized spacial score (nSPS) is 10.8. The molecule has 0 atom stereocenters. The van der Waals surface area contributed by atoms with Gasteiger partial charge in [-0.05, 0) is 35.0 Å². The Balaban J connectivity index is 1.42. The van der Waals surface area contributed by atoms with E-state index < -0.39 is 0 Å². The first-order valence-electron chi connectivity index (χ1n) is 7.99. The van der Waals surface area contributed by atoms with E-state index in [1.54, 1.807) is 6.07 Å². The van der Waals surface area contributed by atoms with Crippen LogP contribution in [0.25, 0.3) is 10.8 Å². The largest absolute Gasteiger partial charge is 0.484 e. The molecule has 1 aromatic heterocycles. The minimum Gasteiger partial charge on any atom is -0.484 e. The van der Waals surface area contributed by atoms with E-state index in [0.29, 0.717) is 17.2 Å². The second-order valence-corrected chi connectivity index (χ2v) is 6.44. The van der Waals surface area contributed by atoms with Gasteiger partial charge in [0.1, 0.15) is 5.75 Å². The number of carbonyl (C=O) groups is 1. The highest BCUT2D eigenvalue weighted by molar-refractivity contribution is 8.14. The topological polar surface area (TPSA) is 65.2 Å². The Kier molecular flexibility index (Phi) is 4.66. The van der Waals surface area contributed by atoms with Crippen LogP contribution in [0.5, 0.6) is 5.75 Å². The molecule has 0 amide bonds. The number of thioether (sulfide) groups is 1. The van der Waals surface area contributed by atoms with Crippen molar-refractivity contribution >= 4 is 27.6 Å². The fraction of sp³-hybridized carbons (Fsp3) is 0.0500. The molecule has 0 bridgehead atoms. The van der Waals surface area contributed by atoms with Gasteiger partial charge in [0.25, 0.3) is 11.1 Å². The molecule has 0 fully saturated rings. The van der Waals surface area contributed by atoms with Crippen molar-refractivity contribution in [2.75, 3.05) is 0 Å². The molecule has 6 heteroatoms. The van der Waals surface area contributed by atoms with E-state index in [1.165, 1.54) is 0 Å². The first-order chi connectivity index (χ1) is 12.8. The molecule has 4 rings (SSSR count). The molecule has 0 radical (unpaired) electrons. The van der Waals surface area contributed by atoms with Crippen LogP contribution in [0.4, 0.5) is 0 Å². The van der Waals surface area contributed by atoms with E-state index in [2.05, 4.69) is 10.2 Å². The van der Waals surface area contributed by atoms with Gasteiger partial charge in [-0.15, -0.1) is 10.2 Å². The maximum Gasteiger partial charge on any atom is 0.284 e. The number of carbonyl (C=O) groups excluding carboxylic acids is 1. The van der Waals surface area contributed by atoms with Crippen LogP contribution >= 0.6 is 11.8 Å².